The summed E-state index contributed by atoms with van der Waals surface area (Å²) in [6.07, 6.45) is 0. The summed E-state index contributed by atoms with van der Waals surface area (Å²) in [7, 11) is 0. The highest BCUT2D eigenvalue weighted by atomic mass is 79.9. The lowest BCUT2D eigenvalue weighted by atomic mass is 10.2. The van der Waals surface area contributed by atoms with Gasteiger partial charge in [0.2, 0.25) is 0 Å². The van der Waals surface area contributed by atoms with E-state index >= 15 is 0 Å². The molecule has 0 saturated heterocycles. The average Bonchev–Trinajstić information content (AvgIpc) is 2.39. The Balaban J connectivity index is 2.30. The van der Waals surface area contributed by atoms with Crippen LogP contribution in [0.25, 0.3) is 0 Å². The first-order valence-electron chi connectivity index (χ1n) is 5.30. The smallest absolute Gasteiger partial charge is 0.257 e. The van der Waals surface area contributed by atoms with Crippen LogP contribution in [0.3, 0.4) is 0 Å². The molecule has 0 fully saturated rings. The summed E-state index contributed by atoms with van der Waals surface area (Å²) in [6, 6.07) is 7.49. The van der Waals surface area contributed by atoms with Crippen LogP contribution in [-0.2, 0) is 0 Å². The van der Waals surface area contributed by atoms with Crippen molar-refractivity contribution in [1.29, 1.82) is 0 Å². The Morgan fingerprint density at radius 2 is 1.75 bits per heavy atom. The Hall–Kier alpha value is -0.810. The van der Waals surface area contributed by atoms with Gasteiger partial charge in [0, 0.05) is 10.2 Å². The lowest BCUT2D eigenvalue weighted by Gasteiger charge is -2.09. The fourth-order valence-corrected chi connectivity index (χ4v) is 2.57. The second kappa shape index (κ2) is 6.31. The monoisotopic (exact) mass is 395 g/mol. The summed E-state index contributed by atoms with van der Waals surface area (Å²) in [6.45, 7) is 0. The van der Waals surface area contributed by atoms with E-state index in [1.54, 1.807) is 18.2 Å². The van der Waals surface area contributed by atoms with Gasteiger partial charge in [-0.2, -0.15) is 0 Å². The average molecular weight is 397 g/mol. The molecule has 0 aliphatic rings. The zero-order chi connectivity index (χ0) is 14.9. The molecule has 2 aromatic rings. The third-order valence-electron chi connectivity index (χ3n) is 2.44. The fourth-order valence-electron chi connectivity index (χ4n) is 1.51. The van der Waals surface area contributed by atoms with Crippen LogP contribution in [0.1, 0.15) is 10.4 Å². The maximum absolute atomic E-state index is 13.3. The third kappa shape index (κ3) is 3.26. The second-order valence-electron chi connectivity index (χ2n) is 3.81. The first-order valence-corrected chi connectivity index (χ1v) is 7.22. The van der Waals surface area contributed by atoms with Gasteiger partial charge in [-0.3, -0.25) is 4.79 Å². The number of carbonyl (C=O) groups is 1. The Labute approximate surface area is 138 Å². The molecule has 0 atom stereocenters. The van der Waals surface area contributed by atoms with E-state index in [0.29, 0.717) is 4.47 Å². The van der Waals surface area contributed by atoms with Gasteiger partial charge in [0.1, 0.15) is 0 Å². The molecule has 0 aromatic heterocycles. The van der Waals surface area contributed by atoms with Crippen LogP contribution in [0.4, 0.5) is 10.1 Å². The van der Waals surface area contributed by atoms with Crippen LogP contribution < -0.4 is 5.32 Å². The maximum Gasteiger partial charge on any atom is 0.257 e. The van der Waals surface area contributed by atoms with Crippen LogP contribution in [-0.4, -0.2) is 5.91 Å². The Morgan fingerprint density at radius 3 is 2.35 bits per heavy atom. The van der Waals surface area contributed by atoms with Crippen LogP contribution in [0.5, 0.6) is 0 Å². The molecule has 0 radical (unpaired) electrons. The standard InChI is InChI=1S/C13H6BrCl3FNO/c14-8-3-1-2-7(11(8)17)13(20)19-6-4-9(15)12(18)10(16)5-6/h1-5H,(H,19,20). The molecule has 0 unspecified atom stereocenters. The molecule has 0 aliphatic carbocycles. The summed E-state index contributed by atoms with van der Waals surface area (Å²) in [5, 5.41) is 2.49. The molecule has 0 spiro atoms. The molecule has 1 amide bonds. The van der Waals surface area contributed by atoms with E-state index in [4.69, 9.17) is 34.8 Å². The number of rotatable bonds is 2. The van der Waals surface area contributed by atoms with E-state index in [-0.39, 0.29) is 26.3 Å². The Morgan fingerprint density at radius 1 is 1.15 bits per heavy atom. The highest BCUT2D eigenvalue weighted by Gasteiger charge is 2.14. The number of hydrogen-bond acceptors (Lipinski definition) is 1. The molecule has 0 saturated carbocycles. The van der Waals surface area contributed by atoms with E-state index in [1.807, 2.05) is 0 Å². The predicted octanol–water partition coefficient (Wildman–Crippen LogP) is 5.80. The minimum Gasteiger partial charge on any atom is -0.322 e. The van der Waals surface area contributed by atoms with Gasteiger partial charge in [-0.1, -0.05) is 40.9 Å². The molecule has 1 N–H and O–H groups in total. The minimum atomic E-state index is -0.730. The number of anilines is 1. The van der Waals surface area contributed by atoms with Gasteiger partial charge in [-0.15, -0.1) is 0 Å². The summed E-state index contributed by atoms with van der Waals surface area (Å²) in [5.41, 5.74) is 0.556. The van der Waals surface area contributed by atoms with E-state index < -0.39 is 11.7 Å². The van der Waals surface area contributed by atoms with E-state index in [1.165, 1.54) is 12.1 Å². The number of halogens is 5. The van der Waals surface area contributed by atoms with Crippen molar-refractivity contribution < 1.29 is 9.18 Å². The normalized spacial score (nSPS) is 10.4. The van der Waals surface area contributed by atoms with Gasteiger partial charge in [-0.25, -0.2) is 4.39 Å². The zero-order valence-electron chi connectivity index (χ0n) is 9.68. The van der Waals surface area contributed by atoms with Crippen molar-refractivity contribution in [3.8, 4) is 0 Å². The maximum atomic E-state index is 13.3. The van der Waals surface area contributed by atoms with Gasteiger partial charge < -0.3 is 5.32 Å². The van der Waals surface area contributed by atoms with Crippen LogP contribution in [0.15, 0.2) is 34.8 Å². The summed E-state index contributed by atoms with van der Waals surface area (Å²) >= 11 is 20.6. The van der Waals surface area contributed by atoms with Crippen molar-refractivity contribution in [1.82, 2.24) is 0 Å². The summed E-state index contributed by atoms with van der Waals surface area (Å²) in [5.74, 6) is -1.18. The summed E-state index contributed by atoms with van der Waals surface area (Å²) < 4.78 is 13.9. The number of carbonyl (C=O) groups excluding carboxylic acids is 1. The van der Waals surface area contributed by atoms with E-state index in [9.17, 15) is 9.18 Å². The molecule has 104 valence electrons. The molecular formula is C13H6BrCl3FNO. The van der Waals surface area contributed by atoms with Crippen molar-refractivity contribution in [3.05, 3.63) is 61.3 Å². The highest BCUT2D eigenvalue weighted by Crippen LogP contribution is 2.29. The SMILES string of the molecule is O=C(Nc1cc(Cl)c(F)c(Cl)c1)c1cccc(Br)c1Cl. The Bertz CT molecular complexity index is 670. The second-order valence-corrected chi connectivity index (χ2v) is 5.86. The van der Waals surface area contributed by atoms with Gasteiger partial charge in [-0.05, 0) is 40.2 Å². The lowest BCUT2D eigenvalue weighted by Crippen LogP contribution is -2.12. The minimum absolute atomic E-state index is 0.173. The first-order chi connectivity index (χ1) is 9.40. The van der Waals surface area contributed by atoms with Crippen LogP contribution in [0.2, 0.25) is 15.1 Å². The topological polar surface area (TPSA) is 29.1 Å². The summed E-state index contributed by atoms with van der Waals surface area (Å²) in [4.78, 5) is 12.1. The largest absolute Gasteiger partial charge is 0.322 e. The zero-order valence-corrected chi connectivity index (χ0v) is 13.5. The fraction of sp³-hybridized carbons (Fsp3) is 0. The van der Waals surface area contributed by atoms with E-state index in [0.717, 1.165) is 0 Å². The number of amides is 1. The molecule has 7 heteroatoms. The molecular weight excluding hydrogens is 391 g/mol. The molecule has 0 heterocycles. The number of benzene rings is 2. The quantitative estimate of drug-likeness (QED) is 0.638. The van der Waals surface area contributed by atoms with Crippen LogP contribution in [0, 0.1) is 5.82 Å². The van der Waals surface area contributed by atoms with Crippen LogP contribution >= 0.6 is 50.7 Å². The lowest BCUT2D eigenvalue weighted by molar-refractivity contribution is 0.102. The predicted molar refractivity (Wildman–Crippen MR) is 83.5 cm³/mol. The molecule has 20 heavy (non-hydrogen) atoms. The van der Waals surface area contributed by atoms with Crippen molar-refractivity contribution in [2.45, 2.75) is 0 Å². The van der Waals surface area contributed by atoms with Crippen molar-refractivity contribution in [3.63, 3.8) is 0 Å². The number of nitrogens with one attached hydrogen (secondary N) is 1. The van der Waals surface area contributed by atoms with Gasteiger partial charge in [0.15, 0.2) is 5.82 Å². The van der Waals surface area contributed by atoms with Crippen molar-refractivity contribution in [2.24, 2.45) is 0 Å². The van der Waals surface area contributed by atoms with Gasteiger partial charge in [0.05, 0.1) is 20.6 Å². The Kier molecular flexibility index (Phi) is 4.91. The third-order valence-corrected chi connectivity index (χ3v) is 4.28. The number of hydrogen-bond donors (Lipinski definition) is 1. The molecule has 0 bridgehead atoms. The molecule has 2 nitrogen and oxygen atoms in total. The molecule has 0 aliphatic heterocycles. The van der Waals surface area contributed by atoms with E-state index in [2.05, 4.69) is 21.2 Å². The highest BCUT2D eigenvalue weighted by molar-refractivity contribution is 9.10. The molecule has 2 aromatic carbocycles. The van der Waals surface area contributed by atoms with Gasteiger partial charge >= 0.3 is 0 Å². The first kappa shape index (κ1) is 15.6. The van der Waals surface area contributed by atoms with Gasteiger partial charge in [0.25, 0.3) is 5.91 Å². The van der Waals surface area contributed by atoms with Crippen molar-refractivity contribution >= 4 is 62.3 Å². The molecule has 2 rings (SSSR count). The van der Waals surface area contributed by atoms with Crippen molar-refractivity contribution in [2.75, 3.05) is 5.32 Å².